The van der Waals surface area contributed by atoms with Gasteiger partial charge in [0.05, 0.1) is 16.3 Å². The van der Waals surface area contributed by atoms with Crippen LogP contribution in [0.1, 0.15) is 10.4 Å². The molecule has 2 rings (SSSR count). The molecule has 0 aliphatic rings. The number of thiocarbonyl (C=S) groups is 1. The zero-order valence-corrected chi connectivity index (χ0v) is 11.8. The smallest absolute Gasteiger partial charge is 0.335 e. The first kappa shape index (κ1) is 14.3. The van der Waals surface area contributed by atoms with Crippen LogP contribution in [0.3, 0.4) is 0 Å². The largest absolute Gasteiger partial charge is 0.478 e. The van der Waals surface area contributed by atoms with E-state index in [0.717, 1.165) is 5.69 Å². The molecular weight excluding hydrogens is 296 g/mol. The highest BCUT2D eigenvalue weighted by Crippen LogP contribution is 2.23. The van der Waals surface area contributed by atoms with Crippen LogP contribution in [0.25, 0.3) is 0 Å². The highest BCUT2D eigenvalue weighted by molar-refractivity contribution is 7.80. The third-order valence-corrected chi connectivity index (χ3v) is 3.01. The van der Waals surface area contributed by atoms with Gasteiger partial charge in [-0.1, -0.05) is 29.8 Å². The second kappa shape index (κ2) is 6.36. The minimum absolute atomic E-state index is 0.127. The van der Waals surface area contributed by atoms with E-state index in [0.29, 0.717) is 15.8 Å². The molecule has 0 atom stereocenters. The van der Waals surface area contributed by atoms with Gasteiger partial charge in [0.25, 0.3) is 0 Å². The third-order valence-electron chi connectivity index (χ3n) is 2.50. The lowest BCUT2D eigenvalue weighted by atomic mass is 10.2. The molecule has 102 valence electrons. The van der Waals surface area contributed by atoms with Gasteiger partial charge in [-0.05, 0) is 42.5 Å². The maximum Gasteiger partial charge on any atom is 0.335 e. The Morgan fingerprint density at radius 3 is 2.40 bits per heavy atom. The second-order valence-corrected chi connectivity index (χ2v) is 4.76. The SMILES string of the molecule is O=C(O)c1ccc(NC(=S)Nc2ccccc2)c(Cl)c1. The number of nitrogens with one attached hydrogen (secondary N) is 2. The Hall–Kier alpha value is -2.11. The number of hydrogen-bond donors (Lipinski definition) is 3. The maximum atomic E-state index is 10.8. The second-order valence-electron chi connectivity index (χ2n) is 3.94. The molecule has 4 nitrogen and oxygen atoms in total. The van der Waals surface area contributed by atoms with Gasteiger partial charge in [0, 0.05) is 5.69 Å². The highest BCUT2D eigenvalue weighted by Gasteiger charge is 2.08. The first-order valence-electron chi connectivity index (χ1n) is 5.72. The summed E-state index contributed by atoms with van der Waals surface area (Å²) < 4.78 is 0. The van der Waals surface area contributed by atoms with E-state index in [1.807, 2.05) is 30.3 Å². The fraction of sp³-hybridized carbons (Fsp3) is 0. The van der Waals surface area contributed by atoms with Crippen molar-refractivity contribution in [1.29, 1.82) is 0 Å². The molecule has 0 saturated carbocycles. The standard InChI is InChI=1S/C14H11ClN2O2S/c15-11-8-9(13(18)19)6-7-12(11)17-14(20)16-10-4-2-1-3-5-10/h1-8H,(H,18,19)(H2,16,17,20). The summed E-state index contributed by atoms with van der Waals surface area (Å²) in [5.41, 5.74) is 1.52. The molecule has 0 unspecified atom stereocenters. The molecule has 0 aromatic heterocycles. The number of hydrogen-bond acceptors (Lipinski definition) is 2. The van der Waals surface area contributed by atoms with Crippen molar-refractivity contribution in [1.82, 2.24) is 0 Å². The van der Waals surface area contributed by atoms with Crippen LogP contribution >= 0.6 is 23.8 Å². The fourth-order valence-corrected chi connectivity index (χ4v) is 2.01. The van der Waals surface area contributed by atoms with E-state index in [1.54, 1.807) is 6.07 Å². The molecule has 0 spiro atoms. The molecule has 0 aliphatic carbocycles. The first-order valence-corrected chi connectivity index (χ1v) is 6.51. The first-order chi connectivity index (χ1) is 9.56. The number of anilines is 2. The maximum absolute atomic E-state index is 10.8. The average molecular weight is 307 g/mol. The molecule has 0 amide bonds. The van der Waals surface area contributed by atoms with Crippen molar-refractivity contribution in [3.05, 3.63) is 59.1 Å². The molecular formula is C14H11ClN2O2S. The van der Waals surface area contributed by atoms with E-state index in [2.05, 4.69) is 10.6 Å². The molecule has 0 heterocycles. The Morgan fingerprint density at radius 2 is 1.80 bits per heavy atom. The zero-order valence-electron chi connectivity index (χ0n) is 10.3. The van der Waals surface area contributed by atoms with Gasteiger partial charge in [0.2, 0.25) is 0 Å². The molecule has 0 bridgehead atoms. The number of halogens is 1. The van der Waals surface area contributed by atoms with E-state index in [1.165, 1.54) is 12.1 Å². The molecule has 0 radical (unpaired) electrons. The van der Waals surface area contributed by atoms with E-state index in [9.17, 15) is 4.79 Å². The van der Waals surface area contributed by atoms with Crippen molar-refractivity contribution < 1.29 is 9.90 Å². The summed E-state index contributed by atoms with van der Waals surface area (Å²) in [4.78, 5) is 10.8. The quantitative estimate of drug-likeness (QED) is 0.752. The monoisotopic (exact) mass is 306 g/mol. The van der Waals surface area contributed by atoms with Crippen LogP contribution in [0, 0.1) is 0 Å². The lowest BCUT2D eigenvalue weighted by Crippen LogP contribution is -2.19. The van der Waals surface area contributed by atoms with Gasteiger partial charge in [0.15, 0.2) is 5.11 Å². The Morgan fingerprint density at radius 1 is 1.10 bits per heavy atom. The van der Waals surface area contributed by atoms with Gasteiger partial charge in [0.1, 0.15) is 0 Å². The summed E-state index contributed by atoms with van der Waals surface area (Å²) in [5, 5.41) is 15.5. The minimum atomic E-state index is -1.02. The lowest BCUT2D eigenvalue weighted by molar-refractivity contribution is 0.0697. The van der Waals surface area contributed by atoms with Crippen LogP contribution in [-0.4, -0.2) is 16.2 Å². The molecule has 3 N–H and O–H groups in total. The molecule has 0 saturated heterocycles. The predicted octanol–water partition coefficient (Wildman–Crippen LogP) is 3.85. The van der Waals surface area contributed by atoms with Crippen LogP contribution in [0.15, 0.2) is 48.5 Å². The fourth-order valence-electron chi connectivity index (χ4n) is 1.56. The summed E-state index contributed by atoms with van der Waals surface area (Å²) in [5.74, 6) is -1.02. The van der Waals surface area contributed by atoms with E-state index >= 15 is 0 Å². The number of para-hydroxylation sites is 1. The molecule has 0 aliphatic heterocycles. The highest BCUT2D eigenvalue weighted by atomic mass is 35.5. The summed E-state index contributed by atoms with van der Waals surface area (Å²) in [7, 11) is 0. The van der Waals surface area contributed by atoms with Crippen molar-refractivity contribution in [2.45, 2.75) is 0 Å². The summed E-state index contributed by atoms with van der Waals surface area (Å²) in [6, 6.07) is 13.8. The predicted molar refractivity (Wildman–Crippen MR) is 84.7 cm³/mol. The topological polar surface area (TPSA) is 61.4 Å². The Kier molecular flexibility index (Phi) is 4.55. The number of carboxylic acid groups (broad SMARTS) is 1. The number of carboxylic acids is 1. The van der Waals surface area contributed by atoms with Crippen molar-refractivity contribution in [2.75, 3.05) is 10.6 Å². The third kappa shape index (κ3) is 3.69. The lowest BCUT2D eigenvalue weighted by Gasteiger charge is -2.12. The molecule has 20 heavy (non-hydrogen) atoms. The summed E-state index contributed by atoms with van der Waals surface area (Å²) in [6.07, 6.45) is 0. The van der Waals surface area contributed by atoms with E-state index in [-0.39, 0.29) is 5.56 Å². The number of benzene rings is 2. The van der Waals surface area contributed by atoms with Gasteiger partial charge < -0.3 is 15.7 Å². The Bertz CT molecular complexity index is 647. The molecule has 6 heteroatoms. The van der Waals surface area contributed by atoms with Gasteiger partial charge in [-0.25, -0.2) is 4.79 Å². The average Bonchev–Trinajstić information content (AvgIpc) is 2.42. The van der Waals surface area contributed by atoms with E-state index in [4.69, 9.17) is 28.9 Å². The number of aromatic carboxylic acids is 1. The van der Waals surface area contributed by atoms with Crippen LogP contribution in [-0.2, 0) is 0 Å². The Balaban J connectivity index is 2.06. The van der Waals surface area contributed by atoms with Crippen LogP contribution < -0.4 is 10.6 Å². The molecule has 0 fully saturated rings. The minimum Gasteiger partial charge on any atom is -0.478 e. The normalized spacial score (nSPS) is 9.85. The van der Waals surface area contributed by atoms with Crippen molar-refractivity contribution in [2.24, 2.45) is 0 Å². The van der Waals surface area contributed by atoms with Crippen LogP contribution in [0.2, 0.25) is 5.02 Å². The summed E-state index contributed by atoms with van der Waals surface area (Å²) in [6.45, 7) is 0. The van der Waals surface area contributed by atoms with E-state index < -0.39 is 5.97 Å². The molecule has 2 aromatic carbocycles. The number of carbonyl (C=O) groups is 1. The van der Waals surface area contributed by atoms with Gasteiger partial charge in [-0.15, -0.1) is 0 Å². The van der Waals surface area contributed by atoms with Crippen molar-refractivity contribution in [3.8, 4) is 0 Å². The summed E-state index contributed by atoms with van der Waals surface area (Å²) >= 11 is 11.2. The number of rotatable bonds is 3. The van der Waals surface area contributed by atoms with Crippen molar-refractivity contribution in [3.63, 3.8) is 0 Å². The van der Waals surface area contributed by atoms with Gasteiger partial charge in [-0.2, -0.15) is 0 Å². The molecule has 2 aromatic rings. The van der Waals surface area contributed by atoms with Gasteiger partial charge >= 0.3 is 5.97 Å². The Labute approximate surface area is 126 Å². The van der Waals surface area contributed by atoms with Crippen LogP contribution in [0.4, 0.5) is 11.4 Å². The van der Waals surface area contributed by atoms with Crippen LogP contribution in [0.5, 0.6) is 0 Å². The van der Waals surface area contributed by atoms with Crippen molar-refractivity contribution >= 4 is 46.3 Å². The van der Waals surface area contributed by atoms with Gasteiger partial charge in [-0.3, -0.25) is 0 Å². The zero-order chi connectivity index (χ0) is 14.5.